The predicted octanol–water partition coefficient (Wildman–Crippen LogP) is 0.580. The maximum atomic E-state index is 12.1. The third-order valence-corrected chi connectivity index (χ3v) is 3.15. The number of aliphatic hydroxyl groups excluding tert-OH is 1. The fourth-order valence-corrected chi connectivity index (χ4v) is 1.57. The van der Waals surface area contributed by atoms with Crippen molar-refractivity contribution in [3.05, 3.63) is 34.9 Å². The van der Waals surface area contributed by atoms with Crippen LogP contribution >= 0.6 is 0 Å². The van der Waals surface area contributed by atoms with E-state index in [2.05, 4.69) is 17.2 Å². The number of aliphatic hydroxyl groups is 1. The molecule has 0 aliphatic rings. The second kappa shape index (κ2) is 6.91. The molecule has 5 nitrogen and oxygen atoms in total. The van der Waals surface area contributed by atoms with Gasteiger partial charge in [-0.3, -0.25) is 9.59 Å². The van der Waals surface area contributed by atoms with E-state index in [-0.39, 0.29) is 19.1 Å². The number of aryl methyl sites for hydroxylation is 1. The zero-order chi connectivity index (χ0) is 16.0. The predicted molar refractivity (Wildman–Crippen MR) is 80.5 cm³/mol. The second-order valence-electron chi connectivity index (χ2n) is 5.42. The first-order valence-corrected chi connectivity index (χ1v) is 6.56. The van der Waals surface area contributed by atoms with Crippen LogP contribution in [0.4, 0.5) is 0 Å². The summed E-state index contributed by atoms with van der Waals surface area (Å²) in [5, 5.41) is 11.4. The molecule has 5 heteroatoms. The Balaban J connectivity index is 2.80. The van der Waals surface area contributed by atoms with Gasteiger partial charge in [0.2, 0.25) is 5.91 Å². The van der Waals surface area contributed by atoms with Gasteiger partial charge in [0, 0.05) is 17.7 Å². The molecule has 2 amide bonds. The van der Waals surface area contributed by atoms with Gasteiger partial charge in [-0.1, -0.05) is 11.8 Å². The first-order chi connectivity index (χ1) is 9.77. The molecule has 0 atom stereocenters. The van der Waals surface area contributed by atoms with Crippen molar-refractivity contribution < 1.29 is 14.7 Å². The molecule has 0 heterocycles. The summed E-state index contributed by atoms with van der Waals surface area (Å²) >= 11 is 0. The van der Waals surface area contributed by atoms with Gasteiger partial charge in [0.25, 0.3) is 5.91 Å². The highest BCUT2D eigenvalue weighted by molar-refractivity contribution is 5.95. The van der Waals surface area contributed by atoms with Crippen molar-refractivity contribution in [3.8, 4) is 11.8 Å². The molecule has 1 rings (SSSR count). The molecule has 4 N–H and O–H groups in total. The maximum Gasteiger partial charge on any atom is 0.251 e. The summed E-state index contributed by atoms with van der Waals surface area (Å²) in [6, 6.07) is 5.10. The number of nitrogens with two attached hydrogens (primary N) is 1. The first kappa shape index (κ1) is 16.7. The molecule has 0 aliphatic carbocycles. The van der Waals surface area contributed by atoms with Gasteiger partial charge >= 0.3 is 0 Å². The highest BCUT2D eigenvalue weighted by Crippen LogP contribution is 2.13. The van der Waals surface area contributed by atoms with Crippen molar-refractivity contribution in [2.45, 2.75) is 20.8 Å². The minimum Gasteiger partial charge on any atom is -0.384 e. The molecular weight excluding hydrogens is 268 g/mol. The number of amides is 2. The van der Waals surface area contributed by atoms with E-state index in [1.54, 1.807) is 32.0 Å². The molecule has 0 spiro atoms. The minimum absolute atomic E-state index is 0.173. The van der Waals surface area contributed by atoms with E-state index < -0.39 is 11.3 Å². The monoisotopic (exact) mass is 288 g/mol. The van der Waals surface area contributed by atoms with Crippen molar-refractivity contribution >= 4 is 11.8 Å². The van der Waals surface area contributed by atoms with E-state index in [1.165, 1.54) is 0 Å². The summed E-state index contributed by atoms with van der Waals surface area (Å²) < 4.78 is 0. The number of carbonyl (C=O) groups is 2. The highest BCUT2D eigenvalue weighted by Gasteiger charge is 2.25. The lowest BCUT2D eigenvalue weighted by atomic mass is 9.92. The van der Waals surface area contributed by atoms with Crippen LogP contribution in [0.2, 0.25) is 0 Å². The van der Waals surface area contributed by atoms with Crippen LogP contribution < -0.4 is 11.1 Å². The minimum atomic E-state index is -0.794. The zero-order valence-corrected chi connectivity index (χ0v) is 12.5. The van der Waals surface area contributed by atoms with Gasteiger partial charge < -0.3 is 16.2 Å². The van der Waals surface area contributed by atoms with E-state index in [0.717, 1.165) is 11.1 Å². The molecule has 1 aromatic rings. The summed E-state index contributed by atoms with van der Waals surface area (Å²) in [6.07, 6.45) is 0. The van der Waals surface area contributed by atoms with Crippen LogP contribution in [0.15, 0.2) is 18.2 Å². The number of hydrogen-bond acceptors (Lipinski definition) is 3. The summed E-state index contributed by atoms with van der Waals surface area (Å²) in [4.78, 5) is 23.3. The van der Waals surface area contributed by atoms with E-state index in [9.17, 15) is 9.59 Å². The van der Waals surface area contributed by atoms with Crippen molar-refractivity contribution in [1.29, 1.82) is 0 Å². The van der Waals surface area contributed by atoms with Gasteiger partial charge in [0.15, 0.2) is 0 Å². The average molecular weight is 288 g/mol. The molecule has 0 saturated heterocycles. The molecule has 1 aromatic carbocycles. The lowest BCUT2D eigenvalue weighted by molar-refractivity contribution is -0.125. The Bertz CT molecular complexity index is 610. The van der Waals surface area contributed by atoms with Gasteiger partial charge in [0.1, 0.15) is 6.61 Å². The molecule has 0 saturated carbocycles. The molecule has 0 fully saturated rings. The van der Waals surface area contributed by atoms with E-state index in [0.29, 0.717) is 5.56 Å². The molecule has 0 radical (unpaired) electrons. The summed E-state index contributed by atoms with van der Waals surface area (Å²) in [5.74, 6) is 4.64. The Labute approximate surface area is 124 Å². The van der Waals surface area contributed by atoms with Gasteiger partial charge in [-0.2, -0.15) is 0 Å². The Morgan fingerprint density at radius 2 is 2.05 bits per heavy atom. The van der Waals surface area contributed by atoms with Crippen LogP contribution in [-0.4, -0.2) is 30.1 Å². The number of nitrogens with one attached hydrogen (secondary N) is 1. The molecule has 0 aliphatic heterocycles. The highest BCUT2D eigenvalue weighted by atomic mass is 16.2. The third kappa shape index (κ3) is 4.62. The number of primary amides is 1. The summed E-state index contributed by atoms with van der Waals surface area (Å²) in [7, 11) is 0. The summed E-state index contributed by atoms with van der Waals surface area (Å²) in [6.45, 7) is 5.16. The average Bonchev–Trinajstić information content (AvgIpc) is 2.43. The normalized spacial score (nSPS) is 10.5. The van der Waals surface area contributed by atoms with Crippen molar-refractivity contribution in [2.75, 3.05) is 13.2 Å². The standard InChI is InChI=1S/C16H20N2O3/c1-11-9-13(7-6-12(11)5-4-8-19)14(20)18-10-16(2,3)15(17)21/h6-7,9,19H,8,10H2,1-3H3,(H2,17,21)(H,18,20). The maximum absolute atomic E-state index is 12.1. The number of benzene rings is 1. The van der Waals surface area contributed by atoms with Gasteiger partial charge in [-0.05, 0) is 44.5 Å². The Hall–Kier alpha value is -2.32. The van der Waals surface area contributed by atoms with Gasteiger partial charge in [-0.25, -0.2) is 0 Å². The lowest BCUT2D eigenvalue weighted by Gasteiger charge is -2.20. The zero-order valence-electron chi connectivity index (χ0n) is 12.5. The Morgan fingerprint density at radius 1 is 1.38 bits per heavy atom. The van der Waals surface area contributed by atoms with Crippen LogP contribution in [0.1, 0.15) is 35.3 Å². The van der Waals surface area contributed by atoms with Crippen molar-refractivity contribution in [2.24, 2.45) is 11.1 Å². The number of carbonyl (C=O) groups excluding carboxylic acids is 2. The molecule has 112 valence electrons. The SMILES string of the molecule is Cc1cc(C(=O)NCC(C)(C)C(N)=O)ccc1C#CCO. The van der Waals surface area contributed by atoms with Crippen LogP contribution in [0, 0.1) is 24.2 Å². The smallest absolute Gasteiger partial charge is 0.251 e. The van der Waals surface area contributed by atoms with Crippen LogP contribution in [0.3, 0.4) is 0 Å². The lowest BCUT2D eigenvalue weighted by Crippen LogP contribution is -2.42. The van der Waals surface area contributed by atoms with E-state index in [1.807, 2.05) is 6.92 Å². The number of hydrogen-bond donors (Lipinski definition) is 3. The Morgan fingerprint density at radius 3 is 2.57 bits per heavy atom. The molecule has 21 heavy (non-hydrogen) atoms. The fourth-order valence-electron chi connectivity index (χ4n) is 1.57. The fraction of sp³-hybridized carbons (Fsp3) is 0.375. The van der Waals surface area contributed by atoms with E-state index in [4.69, 9.17) is 10.8 Å². The van der Waals surface area contributed by atoms with Crippen molar-refractivity contribution in [1.82, 2.24) is 5.32 Å². The van der Waals surface area contributed by atoms with Crippen LogP contribution in [0.5, 0.6) is 0 Å². The van der Waals surface area contributed by atoms with Crippen LogP contribution in [-0.2, 0) is 4.79 Å². The van der Waals surface area contributed by atoms with Gasteiger partial charge in [-0.15, -0.1) is 0 Å². The number of rotatable bonds is 4. The molecule has 0 aromatic heterocycles. The second-order valence-corrected chi connectivity index (χ2v) is 5.42. The molecule has 0 bridgehead atoms. The topological polar surface area (TPSA) is 92.4 Å². The molecule has 0 unspecified atom stereocenters. The third-order valence-electron chi connectivity index (χ3n) is 3.15. The summed E-state index contributed by atoms with van der Waals surface area (Å²) in [5.41, 5.74) is 6.56. The largest absolute Gasteiger partial charge is 0.384 e. The van der Waals surface area contributed by atoms with Gasteiger partial charge in [0.05, 0.1) is 5.41 Å². The Kier molecular flexibility index (Phi) is 5.51. The molecular formula is C16H20N2O3. The van der Waals surface area contributed by atoms with E-state index >= 15 is 0 Å². The van der Waals surface area contributed by atoms with Crippen molar-refractivity contribution in [3.63, 3.8) is 0 Å². The quantitative estimate of drug-likeness (QED) is 0.708. The van der Waals surface area contributed by atoms with Crippen LogP contribution in [0.25, 0.3) is 0 Å². The first-order valence-electron chi connectivity index (χ1n) is 6.56.